The van der Waals surface area contributed by atoms with Gasteiger partial charge in [0.1, 0.15) is 0 Å². The number of aliphatic hydroxyl groups is 1. The van der Waals surface area contributed by atoms with E-state index in [1.54, 1.807) is 5.57 Å². The van der Waals surface area contributed by atoms with Gasteiger partial charge in [-0.25, -0.2) is 0 Å². The van der Waals surface area contributed by atoms with Gasteiger partial charge in [-0.15, -0.1) is 0 Å². The first-order valence-electron chi connectivity index (χ1n) is 13.9. The number of hydrogen-bond donors (Lipinski definition) is 1. The lowest BCUT2D eigenvalue weighted by molar-refractivity contribution is -0.136. The van der Waals surface area contributed by atoms with Crippen molar-refractivity contribution in [2.24, 2.45) is 57.2 Å². The molecule has 0 bridgehead atoms. The largest absolute Gasteiger partial charge is 0.393 e. The summed E-state index contributed by atoms with van der Waals surface area (Å²) in [5.41, 5.74) is 3.75. The van der Waals surface area contributed by atoms with Crippen LogP contribution in [0, 0.1) is 57.2 Å². The van der Waals surface area contributed by atoms with Gasteiger partial charge in [0.2, 0.25) is 0 Å². The minimum absolute atomic E-state index is 0.0409. The number of hydrogen-bond acceptors (Lipinski definition) is 1. The highest BCUT2D eigenvalue weighted by molar-refractivity contribution is 5.31. The van der Waals surface area contributed by atoms with Crippen LogP contribution in [0.1, 0.15) is 112 Å². The van der Waals surface area contributed by atoms with Crippen LogP contribution in [0.4, 0.5) is 0 Å². The van der Waals surface area contributed by atoms with Gasteiger partial charge >= 0.3 is 0 Å². The summed E-state index contributed by atoms with van der Waals surface area (Å²) in [5, 5.41) is 10.6. The second kappa shape index (κ2) is 7.10. The van der Waals surface area contributed by atoms with E-state index >= 15 is 0 Å². The zero-order valence-corrected chi connectivity index (χ0v) is 21.5. The molecule has 5 saturated carbocycles. The maximum absolute atomic E-state index is 10.6. The van der Waals surface area contributed by atoms with Crippen molar-refractivity contribution in [3.8, 4) is 0 Å². The highest BCUT2D eigenvalue weighted by atomic mass is 16.3. The van der Waals surface area contributed by atoms with Crippen LogP contribution in [-0.4, -0.2) is 11.2 Å². The molecule has 0 saturated heterocycles. The average molecular weight is 427 g/mol. The Labute approximate surface area is 192 Å². The maximum Gasteiger partial charge on any atom is 0.0568 e. The number of allylic oxidation sites excluding steroid dienone is 1. The first kappa shape index (κ1) is 22.5. The van der Waals surface area contributed by atoms with Crippen molar-refractivity contribution in [3.63, 3.8) is 0 Å². The Morgan fingerprint density at radius 2 is 1.65 bits per heavy atom. The third-order valence-electron chi connectivity index (χ3n) is 12.9. The minimum atomic E-state index is -0.0409. The Hall–Kier alpha value is -0.300. The predicted molar refractivity (Wildman–Crippen MR) is 131 cm³/mol. The van der Waals surface area contributed by atoms with Crippen LogP contribution in [0.25, 0.3) is 0 Å². The van der Waals surface area contributed by atoms with E-state index in [1.165, 1.54) is 64.2 Å². The van der Waals surface area contributed by atoms with Gasteiger partial charge in [-0.05, 0) is 121 Å². The Morgan fingerprint density at radius 1 is 0.903 bits per heavy atom. The molecule has 1 nitrogen and oxygen atoms in total. The second-order valence-corrected chi connectivity index (χ2v) is 14.1. The van der Waals surface area contributed by atoms with Crippen LogP contribution < -0.4 is 0 Å². The highest BCUT2D eigenvalue weighted by Crippen LogP contribution is 2.88. The molecule has 0 aromatic carbocycles. The third kappa shape index (κ3) is 2.77. The first-order valence-corrected chi connectivity index (χ1v) is 13.9. The SMILES string of the molecule is C=C(C(C)CCC(C)C)[C@H]1CC[C@@]2(C)[C@@H]3CC[C@H]4[C@H](C)[C@@H](O)CC[C@@]45C[C@@]35CC[C@]12C. The van der Waals surface area contributed by atoms with Gasteiger partial charge in [0, 0.05) is 0 Å². The molecule has 1 unspecified atom stereocenters. The summed E-state index contributed by atoms with van der Waals surface area (Å²) in [7, 11) is 0. The van der Waals surface area contributed by atoms with E-state index < -0.39 is 0 Å². The summed E-state index contributed by atoms with van der Waals surface area (Å²) in [6.07, 6.45) is 15.0. The van der Waals surface area contributed by atoms with Crippen molar-refractivity contribution in [3.05, 3.63) is 12.2 Å². The summed E-state index contributed by atoms with van der Waals surface area (Å²) >= 11 is 0. The molecule has 5 aliphatic rings. The quantitative estimate of drug-likeness (QED) is 0.441. The fraction of sp³-hybridized carbons (Fsp3) is 0.933. The molecule has 0 aromatic heterocycles. The Kier molecular flexibility index (Phi) is 5.15. The van der Waals surface area contributed by atoms with Crippen LogP contribution >= 0.6 is 0 Å². The molecule has 0 aliphatic heterocycles. The van der Waals surface area contributed by atoms with Gasteiger partial charge in [-0.3, -0.25) is 0 Å². The van der Waals surface area contributed by atoms with Crippen LogP contribution in [0.5, 0.6) is 0 Å². The molecule has 5 fully saturated rings. The molecule has 31 heavy (non-hydrogen) atoms. The fourth-order valence-corrected chi connectivity index (χ4v) is 10.7. The van der Waals surface area contributed by atoms with Crippen LogP contribution in [-0.2, 0) is 0 Å². The van der Waals surface area contributed by atoms with Crippen molar-refractivity contribution < 1.29 is 5.11 Å². The Morgan fingerprint density at radius 3 is 2.35 bits per heavy atom. The van der Waals surface area contributed by atoms with Crippen LogP contribution in [0.2, 0.25) is 0 Å². The van der Waals surface area contributed by atoms with Crippen molar-refractivity contribution in [2.45, 2.75) is 118 Å². The molecule has 0 amide bonds. The smallest absolute Gasteiger partial charge is 0.0568 e. The summed E-state index contributed by atoms with van der Waals surface area (Å²) < 4.78 is 0. The normalized spacial score (nSPS) is 53.9. The average Bonchev–Trinajstić information content (AvgIpc) is 3.31. The van der Waals surface area contributed by atoms with E-state index in [4.69, 9.17) is 6.58 Å². The molecule has 1 heteroatoms. The number of aliphatic hydroxyl groups excluding tert-OH is 1. The number of rotatable bonds is 5. The summed E-state index contributed by atoms with van der Waals surface area (Å²) in [5.74, 6) is 4.44. The maximum atomic E-state index is 10.6. The van der Waals surface area contributed by atoms with E-state index in [0.29, 0.717) is 33.5 Å². The molecule has 0 radical (unpaired) electrons. The van der Waals surface area contributed by atoms with Gasteiger partial charge in [-0.1, -0.05) is 60.1 Å². The third-order valence-corrected chi connectivity index (χ3v) is 12.9. The molecule has 176 valence electrons. The molecule has 10 atom stereocenters. The molecule has 1 N–H and O–H groups in total. The van der Waals surface area contributed by atoms with Gasteiger partial charge in [0.15, 0.2) is 0 Å². The zero-order valence-electron chi connectivity index (χ0n) is 21.5. The van der Waals surface area contributed by atoms with Crippen molar-refractivity contribution >= 4 is 0 Å². The summed E-state index contributed by atoms with van der Waals surface area (Å²) in [6.45, 7) is 19.7. The summed E-state index contributed by atoms with van der Waals surface area (Å²) in [4.78, 5) is 0. The Balaban J connectivity index is 1.40. The lowest BCUT2D eigenvalue weighted by Crippen LogP contribution is -2.55. The molecule has 5 rings (SSSR count). The van der Waals surface area contributed by atoms with Gasteiger partial charge in [0.05, 0.1) is 6.10 Å². The van der Waals surface area contributed by atoms with Crippen molar-refractivity contribution in [1.82, 2.24) is 0 Å². The van der Waals surface area contributed by atoms with E-state index in [1.807, 2.05) is 0 Å². The van der Waals surface area contributed by atoms with Gasteiger partial charge in [0.25, 0.3) is 0 Å². The van der Waals surface area contributed by atoms with E-state index in [-0.39, 0.29) is 6.10 Å². The fourth-order valence-electron chi connectivity index (χ4n) is 10.7. The van der Waals surface area contributed by atoms with Crippen LogP contribution in [0.15, 0.2) is 12.2 Å². The first-order chi connectivity index (χ1) is 14.5. The van der Waals surface area contributed by atoms with Gasteiger partial charge in [-0.2, -0.15) is 0 Å². The molecule has 0 aromatic rings. The predicted octanol–water partition coefficient (Wildman–Crippen LogP) is 8.02. The van der Waals surface area contributed by atoms with Crippen molar-refractivity contribution in [2.75, 3.05) is 0 Å². The molecular weight excluding hydrogens is 376 g/mol. The second-order valence-electron chi connectivity index (χ2n) is 14.1. The summed E-state index contributed by atoms with van der Waals surface area (Å²) in [6, 6.07) is 0. The standard InChI is InChI=1S/C30H50O/c1-19(2)8-9-20(3)21(4)23-12-14-28(7)26-11-10-24-22(5)25(31)13-15-29(24)18-30(26,29)17-16-27(23,28)6/h19-20,22-26,31H,4,8-18H2,1-3,5-7H3/t20?,22-,23+,24-,25-,26-,27+,28-,29+,30-/m0/s1. The lowest BCUT2D eigenvalue weighted by Gasteiger charge is -2.62. The van der Waals surface area contributed by atoms with E-state index in [9.17, 15) is 5.11 Å². The molecule has 0 heterocycles. The zero-order chi connectivity index (χ0) is 22.4. The topological polar surface area (TPSA) is 20.2 Å². The molecule has 5 aliphatic carbocycles. The van der Waals surface area contributed by atoms with Crippen LogP contribution in [0.3, 0.4) is 0 Å². The molecule has 2 spiro atoms. The number of fused-ring (bicyclic) bond motifs is 2. The Bertz CT molecular complexity index is 739. The molecular formula is C30H50O. The van der Waals surface area contributed by atoms with Crippen molar-refractivity contribution in [1.29, 1.82) is 0 Å². The van der Waals surface area contributed by atoms with E-state index in [0.717, 1.165) is 30.1 Å². The highest BCUT2D eigenvalue weighted by Gasteiger charge is 2.81. The van der Waals surface area contributed by atoms with E-state index in [2.05, 4.69) is 41.5 Å². The lowest BCUT2D eigenvalue weighted by atomic mass is 9.43. The minimum Gasteiger partial charge on any atom is -0.393 e. The monoisotopic (exact) mass is 426 g/mol. The van der Waals surface area contributed by atoms with Gasteiger partial charge < -0.3 is 5.11 Å².